The molecule has 0 spiro atoms. The summed E-state index contributed by atoms with van der Waals surface area (Å²) in [5, 5.41) is 24.8. The number of carboxylic acids is 1. The van der Waals surface area contributed by atoms with E-state index >= 15 is 4.39 Å². The predicted molar refractivity (Wildman–Crippen MR) is 114 cm³/mol. The second-order valence-electron chi connectivity index (χ2n) is 7.85. The van der Waals surface area contributed by atoms with Crippen molar-refractivity contribution in [1.82, 2.24) is 4.57 Å². The average Bonchev–Trinajstić information content (AvgIpc) is 3.54. The largest absolute Gasteiger partial charge is 0.477 e. The van der Waals surface area contributed by atoms with Crippen LogP contribution in [0.2, 0.25) is 0 Å². The molecule has 11 nitrogen and oxygen atoms in total. The molecule has 2 heterocycles. The summed E-state index contributed by atoms with van der Waals surface area (Å²) in [4.78, 5) is 30.4. The number of nitrogens with two attached hydrogens (primary N) is 1. The lowest BCUT2D eigenvalue weighted by atomic mass is 10.1. The van der Waals surface area contributed by atoms with Gasteiger partial charge in [-0.1, -0.05) is 10.3 Å². The van der Waals surface area contributed by atoms with Crippen molar-refractivity contribution in [3.05, 3.63) is 33.9 Å². The maximum atomic E-state index is 15.4. The first-order valence-corrected chi connectivity index (χ1v) is 10.1. The number of pyridine rings is 1. The maximum absolute atomic E-state index is 15.4. The smallest absolute Gasteiger partial charge is 0.387 e. The van der Waals surface area contributed by atoms with E-state index in [0.717, 1.165) is 12.3 Å². The number of nitrogens with zero attached hydrogens (tertiary/aromatic N) is 4. The van der Waals surface area contributed by atoms with Gasteiger partial charge in [-0.2, -0.15) is 8.78 Å². The Labute approximate surface area is 189 Å². The first kappa shape index (κ1) is 23.2. The molecule has 4 rings (SSSR count). The topological polar surface area (TPSA) is 152 Å². The van der Waals surface area contributed by atoms with Gasteiger partial charge in [0, 0.05) is 18.8 Å². The third kappa shape index (κ3) is 3.95. The summed E-state index contributed by atoms with van der Waals surface area (Å²) in [5.74, 6) is -4.31. The lowest BCUT2D eigenvalue weighted by molar-refractivity contribution is -0.0488. The number of oxime groups is 2. The van der Waals surface area contributed by atoms with Crippen LogP contribution < -0.4 is 20.8 Å². The quantitative estimate of drug-likeness (QED) is 0.234. The van der Waals surface area contributed by atoms with E-state index in [0.29, 0.717) is 12.8 Å². The van der Waals surface area contributed by atoms with E-state index in [2.05, 4.69) is 10.3 Å². The molecule has 182 valence electrons. The number of halogens is 3. The van der Waals surface area contributed by atoms with Crippen LogP contribution in [0.25, 0.3) is 10.9 Å². The van der Waals surface area contributed by atoms with Gasteiger partial charge >= 0.3 is 12.6 Å². The number of fused-ring (bicyclic) bond motifs is 1. The standard InChI is InChI=1S/C20H20F3N5O6/c1-33-26-13-7-27(5-10(13)18(24)25-32)15-12(21)4-9-14(17(15)34-20(22)23)28(8-2-3-8)6-11(16(9)29)19(30)31/h4,6,8,10,20,32H,2-3,5,7H2,1H3,(H2,24,25)(H,30,31)/b26-13-. The Morgan fingerprint density at radius 1 is 1.35 bits per heavy atom. The van der Waals surface area contributed by atoms with Crippen LogP contribution in [0, 0.1) is 11.7 Å². The number of benzene rings is 1. The Morgan fingerprint density at radius 3 is 2.62 bits per heavy atom. The molecule has 34 heavy (non-hydrogen) atoms. The number of anilines is 1. The van der Waals surface area contributed by atoms with Crippen LogP contribution in [0.15, 0.2) is 27.4 Å². The van der Waals surface area contributed by atoms with Gasteiger partial charge in [0.15, 0.2) is 11.6 Å². The molecule has 2 aliphatic rings. The third-order valence-corrected chi connectivity index (χ3v) is 5.73. The van der Waals surface area contributed by atoms with E-state index in [4.69, 9.17) is 20.5 Å². The number of carbonyl (C=O) groups is 1. The summed E-state index contributed by atoms with van der Waals surface area (Å²) in [6, 6.07) is 0.536. The van der Waals surface area contributed by atoms with Crippen LogP contribution in [0.3, 0.4) is 0 Å². The van der Waals surface area contributed by atoms with E-state index in [9.17, 15) is 23.5 Å². The molecular formula is C20H20F3N5O6. The van der Waals surface area contributed by atoms with Gasteiger partial charge in [-0.15, -0.1) is 0 Å². The minimum absolute atomic E-state index is 0.124. The molecule has 0 radical (unpaired) electrons. The molecule has 2 aromatic rings. The number of amidine groups is 1. The van der Waals surface area contributed by atoms with Gasteiger partial charge in [0.1, 0.15) is 24.2 Å². The monoisotopic (exact) mass is 483 g/mol. The van der Waals surface area contributed by atoms with Crippen molar-refractivity contribution >= 4 is 34.1 Å². The molecule has 1 aliphatic carbocycles. The molecule has 1 aromatic heterocycles. The van der Waals surface area contributed by atoms with Gasteiger partial charge < -0.3 is 35.1 Å². The fraction of sp³-hybridized carbons (Fsp3) is 0.400. The molecular weight excluding hydrogens is 463 g/mol. The highest BCUT2D eigenvalue weighted by atomic mass is 19.3. The van der Waals surface area contributed by atoms with Gasteiger partial charge in [-0.3, -0.25) is 4.79 Å². The van der Waals surface area contributed by atoms with Gasteiger partial charge in [-0.25, -0.2) is 9.18 Å². The molecule has 2 fully saturated rings. The number of rotatable bonds is 7. The van der Waals surface area contributed by atoms with Crippen molar-refractivity contribution in [2.45, 2.75) is 25.5 Å². The van der Waals surface area contributed by atoms with Crippen molar-refractivity contribution < 1.29 is 37.9 Å². The zero-order valence-corrected chi connectivity index (χ0v) is 17.7. The van der Waals surface area contributed by atoms with Gasteiger partial charge in [0.05, 0.1) is 29.1 Å². The SMILES string of the molecule is CO/N=C1/CN(c2c(F)cc3c(=O)c(C(=O)O)cn(C4CC4)c3c2OC(F)F)CC1/C(N)=N\O. The Kier molecular flexibility index (Phi) is 5.98. The zero-order valence-electron chi connectivity index (χ0n) is 17.7. The van der Waals surface area contributed by atoms with Crippen LogP contribution in [-0.2, 0) is 4.84 Å². The Bertz CT molecular complexity index is 1270. The normalized spacial score (nSPS) is 19.9. The molecule has 1 saturated heterocycles. The maximum Gasteiger partial charge on any atom is 0.387 e. The summed E-state index contributed by atoms with van der Waals surface area (Å²) in [7, 11) is 1.26. The molecule has 4 N–H and O–H groups in total. The lowest BCUT2D eigenvalue weighted by Gasteiger charge is -2.25. The zero-order chi connectivity index (χ0) is 24.7. The van der Waals surface area contributed by atoms with Gasteiger partial charge in [0.25, 0.3) is 0 Å². The van der Waals surface area contributed by atoms with Crippen LogP contribution in [-0.4, -0.2) is 59.2 Å². The van der Waals surface area contributed by atoms with Crippen molar-refractivity contribution in [3.63, 3.8) is 0 Å². The predicted octanol–water partition coefficient (Wildman–Crippen LogP) is 1.96. The number of carboxylic acid groups (broad SMARTS) is 1. The van der Waals surface area contributed by atoms with Crippen molar-refractivity contribution in [3.8, 4) is 5.75 Å². The second-order valence-corrected chi connectivity index (χ2v) is 7.85. The molecule has 1 unspecified atom stereocenters. The summed E-state index contributed by atoms with van der Waals surface area (Å²) in [5.41, 5.74) is 3.76. The molecule has 1 atom stereocenters. The van der Waals surface area contributed by atoms with Crippen LogP contribution >= 0.6 is 0 Å². The number of ether oxygens (including phenoxy) is 1. The fourth-order valence-electron chi connectivity index (χ4n) is 4.14. The first-order valence-electron chi connectivity index (χ1n) is 10.1. The summed E-state index contributed by atoms with van der Waals surface area (Å²) < 4.78 is 48.5. The Balaban J connectivity index is 2.00. The fourth-order valence-corrected chi connectivity index (χ4v) is 4.14. The third-order valence-electron chi connectivity index (χ3n) is 5.73. The van der Waals surface area contributed by atoms with Gasteiger partial charge in [0.2, 0.25) is 5.43 Å². The van der Waals surface area contributed by atoms with Crippen LogP contribution in [0.4, 0.5) is 18.9 Å². The molecule has 1 aliphatic heterocycles. The minimum Gasteiger partial charge on any atom is -0.477 e. The number of hydrogen-bond acceptors (Lipinski definition) is 8. The molecule has 0 amide bonds. The summed E-state index contributed by atoms with van der Waals surface area (Å²) >= 11 is 0. The Hall–Kier alpha value is -3.97. The van der Waals surface area contributed by atoms with Crippen LogP contribution in [0.5, 0.6) is 5.75 Å². The molecule has 1 saturated carbocycles. The minimum atomic E-state index is -3.37. The molecule has 0 bridgehead atoms. The highest BCUT2D eigenvalue weighted by Gasteiger charge is 2.38. The summed E-state index contributed by atoms with van der Waals surface area (Å²) in [6.07, 6.45) is 2.28. The van der Waals surface area contributed by atoms with E-state index in [-0.39, 0.29) is 36.2 Å². The van der Waals surface area contributed by atoms with E-state index in [1.807, 2.05) is 0 Å². The highest BCUT2D eigenvalue weighted by Crippen LogP contribution is 2.45. The van der Waals surface area contributed by atoms with Crippen molar-refractivity contribution in [2.75, 3.05) is 25.1 Å². The number of aromatic carboxylic acids is 1. The summed E-state index contributed by atoms with van der Waals surface area (Å²) in [6.45, 7) is -3.64. The van der Waals surface area contributed by atoms with Crippen molar-refractivity contribution in [1.29, 1.82) is 0 Å². The van der Waals surface area contributed by atoms with Gasteiger partial charge in [-0.05, 0) is 18.9 Å². The first-order chi connectivity index (χ1) is 16.2. The lowest BCUT2D eigenvalue weighted by Crippen LogP contribution is -2.31. The highest BCUT2D eigenvalue weighted by molar-refractivity contribution is 6.10. The number of hydrogen-bond donors (Lipinski definition) is 3. The van der Waals surface area contributed by atoms with Crippen LogP contribution in [0.1, 0.15) is 29.2 Å². The van der Waals surface area contributed by atoms with E-state index in [1.165, 1.54) is 16.6 Å². The van der Waals surface area contributed by atoms with E-state index in [1.54, 1.807) is 0 Å². The number of aromatic nitrogens is 1. The number of alkyl halides is 2. The van der Waals surface area contributed by atoms with Crippen molar-refractivity contribution in [2.24, 2.45) is 22.0 Å². The molecule has 1 aromatic carbocycles. The average molecular weight is 483 g/mol. The molecule has 14 heteroatoms. The second kappa shape index (κ2) is 8.76. The Morgan fingerprint density at radius 2 is 2.06 bits per heavy atom. The van der Waals surface area contributed by atoms with E-state index < -0.39 is 52.1 Å².